The van der Waals surface area contributed by atoms with E-state index in [-0.39, 0.29) is 0 Å². The predicted molar refractivity (Wildman–Crippen MR) is 130 cm³/mol. The van der Waals surface area contributed by atoms with Crippen molar-refractivity contribution in [1.29, 1.82) is 0 Å². The Morgan fingerprint density at radius 1 is 0.781 bits per heavy atom. The summed E-state index contributed by atoms with van der Waals surface area (Å²) in [7, 11) is 0. The van der Waals surface area contributed by atoms with Crippen molar-refractivity contribution >= 4 is 49.6 Å². The first-order valence-corrected chi connectivity index (χ1v) is 10.9. The molecular weight excluding hydrogens is 394 g/mol. The highest BCUT2D eigenvalue weighted by atomic mass is 15.1. The SMILES string of the molecule is C1=CCCC(n2c3ccccc3c3nc4c(cc32)c2ccccc2n4-c2ccncn2)=C1. The average Bonchev–Trinajstić information content (AvgIpc) is 3.36. The van der Waals surface area contributed by atoms with Crippen molar-refractivity contribution < 1.29 is 0 Å². The summed E-state index contributed by atoms with van der Waals surface area (Å²) in [5, 5.41) is 3.46. The van der Waals surface area contributed by atoms with E-state index < -0.39 is 0 Å². The summed E-state index contributed by atoms with van der Waals surface area (Å²) in [5.74, 6) is 0.821. The summed E-state index contributed by atoms with van der Waals surface area (Å²) in [4.78, 5) is 13.9. The van der Waals surface area contributed by atoms with Gasteiger partial charge in [-0.2, -0.15) is 0 Å². The van der Waals surface area contributed by atoms with Crippen LogP contribution in [0, 0.1) is 0 Å². The van der Waals surface area contributed by atoms with Gasteiger partial charge in [-0.15, -0.1) is 0 Å². The van der Waals surface area contributed by atoms with Crippen LogP contribution < -0.4 is 0 Å². The lowest BCUT2D eigenvalue weighted by Gasteiger charge is -2.13. The smallest absolute Gasteiger partial charge is 0.147 e. The molecule has 0 atom stereocenters. The van der Waals surface area contributed by atoms with Crippen molar-refractivity contribution in [1.82, 2.24) is 24.1 Å². The number of benzene rings is 2. The lowest BCUT2D eigenvalue weighted by Crippen LogP contribution is -2.00. The Labute approximate surface area is 184 Å². The lowest BCUT2D eigenvalue weighted by atomic mass is 10.1. The molecule has 0 bridgehead atoms. The first-order chi connectivity index (χ1) is 15.9. The van der Waals surface area contributed by atoms with Crippen molar-refractivity contribution in [2.45, 2.75) is 12.8 Å². The third-order valence-corrected chi connectivity index (χ3v) is 6.34. The molecule has 0 fully saturated rings. The summed E-state index contributed by atoms with van der Waals surface area (Å²) >= 11 is 0. The summed E-state index contributed by atoms with van der Waals surface area (Å²) in [6, 6.07) is 21.2. The maximum atomic E-state index is 5.27. The Bertz CT molecular complexity index is 1720. The van der Waals surface area contributed by atoms with Crippen LogP contribution in [0.2, 0.25) is 0 Å². The number of hydrogen-bond acceptors (Lipinski definition) is 3. The molecule has 6 aromatic rings. The first-order valence-electron chi connectivity index (χ1n) is 10.9. The minimum Gasteiger partial charge on any atom is -0.311 e. The van der Waals surface area contributed by atoms with Gasteiger partial charge in [0, 0.05) is 28.1 Å². The van der Waals surface area contributed by atoms with E-state index in [1.54, 1.807) is 12.5 Å². The van der Waals surface area contributed by atoms with E-state index >= 15 is 0 Å². The molecule has 0 aliphatic heterocycles. The summed E-state index contributed by atoms with van der Waals surface area (Å²) in [5.41, 5.74) is 6.67. The molecule has 5 nitrogen and oxygen atoms in total. The molecule has 0 saturated carbocycles. The minimum atomic E-state index is 0.821. The fraction of sp³-hybridized carbons (Fsp3) is 0.0741. The average molecular weight is 413 g/mol. The minimum absolute atomic E-state index is 0.821. The highest BCUT2D eigenvalue weighted by molar-refractivity contribution is 6.16. The van der Waals surface area contributed by atoms with Crippen molar-refractivity contribution in [2.75, 3.05) is 0 Å². The number of rotatable bonds is 2. The van der Waals surface area contributed by atoms with Crippen molar-refractivity contribution in [3.8, 4) is 5.82 Å². The van der Waals surface area contributed by atoms with Crippen LogP contribution in [0.25, 0.3) is 55.4 Å². The van der Waals surface area contributed by atoms with Crippen LogP contribution in [-0.2, 0) is 0 Å². The molecular formula is C27H19N5. The molecule has 0 N–H and O–H groups in total. The topological polar surface area (TPSA) is 48.5 Å². The molecule has 2 aromatic carbocycles. The zero-order valence-electron chi connectivity index (χ0n) is 17.3. The molecule has 0 radical (unpaired) electrons. The number of allylic oxidation sites excluding steroid dienone is 4. The molecule has 4 heterocycles. The molecule has 7 rings (SSSR count). The van der Waals surface area contributed by atoms with E-state index in [0.29, 0.717) is 0 Å². The van der Waals surface area contributed by atoms with Crippen molar-refractivity contribution in [3.63, 3.8) is 0 Å². The van der Waals surface area contributed by atoms with Crippen LogP contribution in [0.15, 0.2) is 91.4 Å². The predicted octanol–water partition coefficient (Wildman–Crippen LogP) is 6.27. The van der Waals surface area contributed by atoms with Gasteiger partial charge in [-0.1, -0.05) is 48.6 Å². The highest BCUT2D eigenvalue weighted by Gasteiger charge is 2.20. The monoisotopic (exact) mass is 413 g/mol. The van der Waals surface area contributed by atoms with Gasteiger partial charge < -0.3 is 4.57 Å². The fourth-order valence-electron chi connectivity index (χ4n) is 4.97. The van der Waals surface area contributed by atoms with Gasteiger partial charge in [-0.05, 0) is 43.2 Å². The van der Waals surface area contributed by atoms with Gasteiger partial charge in [-0.3, -0.25) is 4.57 Å². The number of aromatic nitrogens is 5. The van der Waals surface area contributed by atoms with Gasteiger partial charge in [0.05, 0.1) is 22.1 Å². The van der Waals surface area contributed by atoms with Crippen LogP contribution in [0.4, 0.5) is 0 Å². The molecule has 1 aliphatic carbocycles. The lowest BCUT2D eigenvalue weighted by molar-refractivity contribution is 0.979. The van der Waals surface area contributed by atoms with Gasteiger partial charge in [0.1, 0.15) is 17.8 Å². The van der Waals surface area contributed by atoms with Gasteiger partial charge in [0.25, 0.3) is 0 Å². The van der Waals surface area contributed by atoms with Gasteiger partial charge >= 0.3 is 0 Å². The van der Waals surface area contributed by atoms with Crippen molar-refractivity contribution in [3.05, 3.63) is 91.4 Å². The summed E-state index contributed by atoms with van der Waals surface area (Å²) in [6.07, 6.45) is 12.0. The molecule has 4 aromatic heterocycles. The Balaban J connectivity index is 1.68. The van der Waals surface area contributed by atoms with Gasteiger partial charge in [0.2, 0.25) is 0 Å². The van der Waals surface area contributed by atoms with Crippen LogP contribution >= 0.6 is 0 Å². The molecule has 0 saturated heterocycles. The highest BCUT2D eigenvalue weighted by Crippen LogP contribution is 2.38. The van der Waals surface area contributed by atoms with Gasteiger partial charge in [-0.25, -0.2) is 15.0 Å². The fourth-order valence-corrected chi connectivity index (χ4v) is 4.97. The van der Waals surface area contributed by atoms with Crippen LogP contribution in [0.3, 0.4) is 0 Å². The Morgan fingerprint density at radius 2 is 1.59 bits per heavy atom. The quantitative estimate of drug-likeness (QED) is 0.336. The van der Waals surface area contributed by atoms with E-state index in [4.69, 9.17) is 4.98 Å². The zero-order chi connectivity index (χ0) is 21.1. The first kappa shape index (κ1) is 17.4. The van der Waals surface area contributed by atoms with Crippen molar-refractivity contribution in [2.24, 2.45) is 0 Å². The second-order valence-corrected chi connectivity index (χ2v) is 8.12. The van der Waals surface area contributed by atoms with Crippen LogP contribution in [-0.4, -0.2) is 24.1 Å². The molecule has 0 spiro atoms. The molecule has 5 heteroatoms. The largest absolute Gasteiger partial charge is 0.311 e. The number of pyridine rings is 1. The zero-order valence-corrected chi connectivity index (χ0v) is 17.3. The maximum absolute atomic E-state index is 5.27. The molecule has 0 amide bonds. The van der Waals surface area contributed by atoms with E-state index in [2.05, 4.69) is 91.9 Å². The van der Waals surface area contributed by atoms with E-state index in [9.17, 15) is 0 Å². The van der Waals surface area contributed by atoms with Crippen LogP contribution in [0.5, 0.6) is 0 Å². The Hall–Kier alpha value is -4.25. The van der Waals surface area contributed by atoms with E-state index in [0.717, 1.165) is 46.2 Å². The van der Waals surface area contributed by atoms with E-state index in [1.807, 2.05) is 6.07 Å². The van der Waals surface area contributed by atoms with Gasteiger partial charge in [0.15, 0.2) is 0 Å². The summed E-state index contributed by atoms with van der Waals surface area (Å²) in [6.45, 7) is 0. The summed E-state index contributed by atoms with van der Waals surface area (Å²) < 4.78 is 4.53. The standard InChI is InChI=1S/C27H19N5/c1-2-8-18(9-3-1)31-23-13-7-5-11-20(23)26-24(31)16-21-19-10-4-6-12-22(19)32(27(21)30-26)25-14-15-28-17-29-25/h1-2,4-8,10-17H,3,9H2. The number of para-hydroxylation sites is 2. The molecule has 32 heavy (non-hydrogen) atoms. The Kier molecular flexibility index (Phi) is 3.61. The van der Waals surface area contributed by atoms with Crippen LogP contribution in [0.1, 0.15) is 12.8 Å². The molecule has 152 valence electrons. The second-order valence-electron chi connectivity index (χ2n) is 8.12. The second kappa shape index (κ2) is 6.62. The number of hydrogen-bond donors (Lipinski definition) is 0. The maximum Gasteiger partial charge on any atom is 0.147 e. The third kappa shape index (κ3) is 2.36. The number of nitrogens with zero attached hydrogens (tertiary/aromatic N) is 5. The molecule has 0 unspecified atom stereocenters. The normalized spacial score (nSPS) is 14.1. The van der Waals surface area contributed by atoms with E-state index in [1.165, 1.54) is 22.0 Å². The third-order valence-electron chi connectivity index (χ3n) is 6.34. The number of fused-ring (bicyclic) bond motifs is 6. The Morgan fingerprint density at radius 3 is 2.38 bits per heavy atom. The molecule has 1 aliphatic rings.